The first kappa shape index (κ1) is 10.4. The third-order valence-electron chi connectivity index (χ3n) is 1.68. The molecule has 0 aliphatic carbocycles. The van der Waals surface area contributed by atoms with Crippen LogP contribution in [0, 0.1) is 5.92 Å². The number of nitrogens with one attached hydrogen (secondary N) is 1. The van der Waals surface area contributed by atoms with Gasteiger partial charge in [0.05, 0.1) is 0 Å². The van der Waals surface area contributed by atoms with Gasteiger partial charge in [-0.05, 0) is 25.3 Å². The predicted octanol–water partition coefficient (Wildman–Crippen LogP) is -0.259. The van der Waals surface area contributed by atoms with Gasteiger partial charge in [0.2, 0.25) is 5.91 Å². The molecule has 0 aliphatic rings. The molecule has 0 aromatic carbocycles. The summed E-state index contributed by atoms with van der Waals surface area (Å²) in [5, 5.41) is 0. The van der Waals surface area contributed by atoms with Gasteiger partial charge in [0, 0.05) is 6.42 Å². The third-order valence-corrected chi connectivity index (χ3v) is 1.68. The minimum atomic E-state index is -0.103. The molecule has 0 rings (SSSR count). The first-order valence-corrected chi connectivity index (χ1v) is 3.90. The third kappa shape index (κ3) is 5.82. The predicted molar refractivity (Wildman–Crippen MR) is 44.4 cm³/mol. The summed E-state index contributed by atoms with van der Waals surface area (Å²) in [6.45, 7) is 2.77. The van der Waals surface area contributed by atoms with E-state index < -0.39 is 0 Å². The minimum Gasteiger partial charge on any atom is -0.330 e. The lowest BCUT2D eigenvalue weighted by molar-refractivity contribution is -0.121. The topological polar surface area (TPSA) is 81.1 Å². The van der Waals surface area contributed by atoms with Crippen LogP contribution in [0.4, 0.5) is 0 Å². The summed E-state index contributed by atoms with van der Waals surface area (Å²) in [6.07, 6.45) is 2.33. The lowest BCUT2D eigenvalue weighted by Crippen LogP contribution is -2.30. The minimum absolute atomic E-state index is 0.103. The van der Waals surface area contributed by atoms with Crippen LogP contribution in [0.5, 0.6) is 0 Å². The molecular weight excluding hydrogens is 142 g/mol. The molecule has 0 radical (unpaired) electrons. The summed E-state index contributed by atoms with van der Waals surface area (Å²) in [5.74, 6) is 5.32. The van der Waals surface area contributed by atoms with Crippen LogP contribution < -0.4 is 17.0 Å². The highest BCUT2D eigenvalue weighted by atomic mass is 16.2. The average molecular weight is 159 g/mol. The summed E-state index contributed by atoms with van der Waals surface area (Å²) >= 11 is 0. The van der Waals surface area contributed by atoms with Crippen molar-refractivity contribution in [1.29, 1.82) is 0 Å². The Balaban J connectivity index is 3.29. The van der Waals surface area contributed by atoms with Gasteiger partial charge in [-0.2, -0.15) is 0 Å². The highest BCUT2D eigenvalue weighted by Gasteiger charge is 2.03. The molecule has 66 valence electrons. The van der Waals surface area contributed by atoms with Crippen molar-refractivity contribution >= 4 is 5.91 Å². The van der Waals surface area contributed by atoms with Crippen molar-refractivity contribution in [1.82, 2.24) is 5.43 Å². The van der Waals surface area contributed by atoms with Crippen molar-refractivity contribution in [3.05, 3.63) is 0 Å². The van der Waals surface area contributed by atoms with Crippen LogP contribution in [0.2, 0.25) is 0 Å². The van der Waals surface area contributed by atoms with Crippen LogP contribution in [-0.2, 0) is 4.79 Å². The highest BCUT2D eigenvalue weighted by Crippen LogP contribution is 2.08. The fourth-order valence-corrected chi connectivity index (χ4v) is 0.879. The first-order valence-electron chi connectivity index (χ1n) is 3.90. The van der Waals surface area contributed by atoms with Crippen molar-refractivity contribution in [2.75, 3.05) is 6.54 Å². The van der Waals surface area contributed by atoms with E-state index in [1.165, 1.54) is 0 Å². The molecule has 1 atom stereocenters. The number of carbonyl (C=O) groups excluding carboxylic acids is 1. The van der Waals surface area contributed by atoms with E-state index in [-0.39, 0.29) is 5.91 Å². The van der Waals surface area contributed by atoms with Crippen molar-refractivity contribution < 1.29 is 4.79 Å². The van der Waals surface area contributed by atoms with Crippen LogP contribution in [0.25, 0.3) is 0 Å². The molecule has 11 heavy (non-hydrogen) atoms. The Hall–Kier alpha value is -0.610. The van der Waals surface area contributed by atoms with Gasteiger partial charge in [0.25, 0.3) is 0 Å². The van der Waals surface area contributed by atoms with Gasteiger partial charge in [-0.1, -0.05) is 6.92 Å². The average Bonchev–Trinajstić information content (AvgIpc) is 2.01. The van der Waals surface area contributed by atoms with Crippen molar-refractivity contribution in [3.8, 4) is 0 Å². The summed E-state index contributed by atoms with van der Waals surface area (Å²) < 4.78 is 0. The van der Waals surface area contributed by atoms with E-state index in [0.717, 1.165) is 12.8 Å². The van der Waals surface area contributed by atoms with E-state index in [9.17, 15) is 4.79 Å². The molecule has 0 spiro atoms. The molecule has 4 nitrogen and oxygen atoms in total. The number of hydrogen-bond donors (Lipinski definition) is 3. The number of rotatable bonds is 5. The Morgan fingerprint density at radius 2 is 2.18 bits per heavy atom. The Morgan fingerprint density at radius 1 is 1.55 bits per heavy atom. The zero-order valence-corrected chi connectivity index (χ0v) is 6.97. The van der Waals surface area contributed by atoms with Crippen LogP contribution in [0.15, 0.2) is 0 Å². The summed E-state index contributed by atoms with van der Waals surface area (Å²) in [6, 6.07) is 0. The maximum Gasteiger partial charge on any atom is 0.233 e. The largest absolute Gasteiger partial charge is 0.330 e. The van der Waals surface area contributed by atoms with Crippen LogP contribution >= 0.6 is 0 Å². The molecular formula is C7H17N3O. The van der Waals surface area contributed by atoms with E-state index in [0.29, 0.717) is 18.9 Å². The summed E-state index contributed by atoms with van der Waals surface area (Å²) in [5.41, 5.74) is 7.44. The second kappa shape index (κ2) is 6.12. The molecule has 0 heterocycles. The summed E-state index contributed by atoms with van der Waals surface area (Å²) in [7, 11) is 0. The van der Waals surface area contributed by atoms with Crippen LogP contribution in [-0.4, -0.2) is 12.5 Å². The van der Waals surface area contributed by atoms with Gasteiger partial charge in [-0.25, -0.2) is 5.84 Å². The zero-order valence-electron chi connectivity index (χ0n) is 6.97. The maximum atomic E-state index is 10.7. The van der Waals surface area contributed by atoms with E-state index in [1.54, 1.807) is 0 Å². The van der Waals surface area contributed by atoms with Gasteiger partial charge < -0.3 is 5.73 Å². The van der Waals surface area contributed by atoms with Gasteiger partial charge in [-0.15, -0.1) is 0 Å². The van der Waals surface area contributed by atoms with Crippen molar-refractivity contribution in [2.45, 2.75) is 26.2 Å². The lowest BCUT2D eigenvalue weighted by Gasteiger charge is -2.07. The second-order valence-electron chi connectivity index (χ2n) is 2.79. The zero-order chi connectivity index (χ0) is 8.69. The van der Waals surface area contributed by atoms with E-state index in [2.05, 4.69) is 12.3 Å². The molecule has 0 aromatic heterocycles. The van der Waals surface area contributed by atoms with Crippen molar-refractivity contribution in [3.63, 3.8) is 0 Å². The smallest absolute Gasteiger partial charge is 0.233 e. The Morgan fingerprint density at radius 3 is 2.64 bits per heavy atom. The molecule has 0 bridgehead atoms. The molecule has 5 N–H and O–H groups in total. The van der Waals surface area contributed by atoms with Crippen LogP contribution in [0.1, 0.15) is 26.2 Å². The number of carbonyl (C=O) groups is 1. The number of amides is 1. The normalized spacial score (nSPS) is 12.6. The molecule has 0 saturated carbocycles. The standard InChI is InChI=1S/C7H17N3O/c1-6(4-5-8)2-3-7(11)10-9/h6H,2-5,8-9H2,1H3,(H,10,11). The number of hydrogen-bond acceptors (Lipinski definition) is 3. The molecule has 1 amide bonds. The number of hydrazine groups is 1. The Labute approximate surface area is 67.3 Å². The SMILES string of the molecule is CC(CCN)CCC(=O)NN. The van der Waals surface area contributed by atoms with Crippen molar-refractivity contribution in [2.24, 2.45) is 17.5 Å². The first-order chi connectivity index (χ1) is 5.20. The fraction of sp³-hybridized carbons (Fsp3) is 0.857. The Kier molecular flexibility index (Phi) is 5.78. The van der Waals surface area contributed by atoms with Gasteiger partial charge in [-0.3, -0.25) is 10.2 Å². The Bertz CT molecular complexity index is 116. The summed E-state index contributed by atoms with van der Waals surface area (Å²) in [4.78, 5) is 10.7. The lowest BCUT2D eigenvalue weighted by atomic mass is 10.0. The fourth-order valence-electron chi connectivity index (χ4n) is 0.879. The molecule has 0 aliphatic heterocycles. The second-order valence-corrected chi connectivity index (χ2v) is 2.79. The van der Waals surface area contributed by atoms with E-state index >= 15 is 0 Å². The molecule has 1 unspecified atom stereocenters. The molecule has 4 heteroatoms. The highest BCUT2D eigenvalue weighted by molar-refractivity contribution is 5.75. The van der Waals surface area contributed by atoms with Gasteiger partial charge in [0.1, 0.15) is 0 Å². The van der Waals surface area contributed by atoms with E-state index in [1.807, 2.05) is 0 Å². The molecule has 0 aromatic rings. The molecule has 0 saturated heterocycles. The van der Waals surface area contributed by atoms with Gasteiger partial charge in [0.15, 0.2) is 0 Å². The van der Waals surface area contributed by atoms with Gasteiger partial charge >= 0.3 is 0 Å². The van der Waals surface area contributed by atoms with Crippen LogP contribution in [0.3, 0.4) is 0 Å². The molecule has 0 fully saturated rings. The quantitative estimate of drug-likeness (QED) is 0.294. The number of nitrogens with two attached hydrogens (primary N) is 2. The maximum absolute atomic E-state index is 10.7. The van der Waals surface area contributed by atoms with E-state index in [4.69, 9.17) is 11.6 Å². The monoisotopic (exact) mass is 159 g/mol.